The van der Waals surface area contributed by atoms with Gasteiger partial charge in [0.1, 0.15) is 0 Å². The second-order valence-electron chi connectivity index (χ2n) is 5.06. The molecule has 0 aliphatic rings. The molecule has 2 rings (SSSR count). The topological polar surface area (TPSA) is 66.5 Å². The number of aryl methyl sites for hydroxylation is 2. The molecule has 6 nitrogen and oxygen atoms in total. The molecular formula is C15H23N5OS. The van der Waals surface area contributed by atoms with Crippen molar-refractivity contribution in [3.05, 3.63) is 34.1 Å². The fraction of sp³-hybridized carbons (Fsp3) is 0.533. The summed E-state index contributed by atoms with van der Waals surface area (Å²) in [5, 5.41) is 9.26. The van der Waals surface area contributed by atoms with Gasteiger partial charge in [-0.2, -0.15) is 4.98 Å². The van der Waals surface area contributed by atoms with Crippen LogP contribution in [0.2, 0.25) is 0 Å². The molecule has 0 bridgehead atoms. The van der Waals surface area contributed by atoms with E-state index >= 15 is 0 Å². The van der Waals surface area contributed by atoms with Crippen molar-refractivity contribution in [2.75, 3.05) is 27.2 Å². The molecule has 0 aliphatic carbocycles. The number of guanidine groups is 1. The maximum atomic E-state index is 5.10. The van der Waals surface area contributed by atoms with Crippen molar-refractivity contribution in [2.24, 2.45) is 4.99 Å². The summed E-state index contributed by atoms with van der Waals surface area (Å²) < 4.78 is 5.10. The molecule has 22 heavy (non-hydrogen) atoms. The molecule has 2 heterocycles. The van der Waals surface area contributed by atoms with E-state index in [1.807, 2.05) is 14.0 Å². The Bertz CT molecular complexity index is 579. The molecule has 2 aromatic heterocycles. The second-order valence-corrected chi connectivity index (χ2v) is 6.10. The minimum absolute atomic E-state index is 0.687. The first kappa shape index (κ1) is 16.5. The van der Waals surface area contributed by atoms with Gasteiger partial charge in [-0.05, 0) is 31.2 Å². The van der Waals surface area contributed by atoms with E-state index in [1.54, 1.807) is 11.3 Å². The van der Waals surface area contributed by atoms with Gasteiger partial charge in [0.2, 0.25) is 5.89 Å². The van der Waals surface area contributed by atoms with Gasteiger partial charge in [-0.15, -0.1) is 11.3 Å². The van der Waals surface area contributed by atoms with Crippen molar-refractivity contribution in [3.63, 3.8) is 0 Å². The molecule has 0 amide bonds. The Hall–Kier alpha value is -1.89. The Kier molecular flexibility index (Phi) is 6.39. The lowest BCUT2D eigenvalue weighted by atomic mass is 10.3. The van der Waals surface area contributed by atoms with Crippen LogP contribution >= 0.6 is 11.3 Å². The highest BCUT2D eigenvalue weighted by Gasteiger charge is 2.07. The average molecular weight is 321 g/mol. The third-order valence-electron chi connectivity index (χ3n) is 3.27. The number of likely N-dealkylation sites (N-methyl/N-ethyl adjacent to an activating group) is 1. The molecule has 0 saturated heterocycles. The first-order valence-corrected chi connectivity index (χ1v) is 8.30. The standard InChI is InChI=1S/C15H23N5OS/c1-12-18-14(21-19-12)7-4-9-17-15(16-2)20(3)10-8-13-6-5-11-22-13/h5-6,11H,4,7-10H2,1-3H3,(H,16,17). The van der Waals surface area contributed by atoms with Crippen LogP contribution in [0, 0.1) is 6.92 Å². The van der Waals surface area contributed by atoms with Crippen LogP contribution < -0.4 is 5.32 Å². The lowest BCUT2D eigenvalue weighted by Crippen LogP contribution is -2.40. The number of hydrogen-bond donors (Lipinski definition) is 1. The van der Waals surface area contributed by atoms with Crippen molar-refractivity contribution < 1.29 is 4.52 Å². The highest BCUT2D eigenvalue weighted by Crippen LogP contribution is 2.09. The van der Waals surface area contributed by atoms with Gasteiger partial charge < -0.3 is 14.7 Å². The molecule has 1 N–H and O–H groups in total. The fourth-order valence-electron chi connectivity index (χ4n) is 2.10. The summed E-state index contributed by atoms with van der Waals surface area (Å²) in [6.45, 7) is 3.61. The predicted octanol–water partition coefficient (Wildman–Crippen LogP) is 2.12. The lowest BCUT2D eigenvalue weighted by Gasteiger charge is -2.21. The highest BCUT2D eigenvalue weighted by molar-refractivity contribution is 7.09. The van der Waals surface area contributed by atoms with Gasteiger partial charge >= 0.3 is 0 Å². The summed E-state index contributed by atoms with van der Waals surface area (Å²) in [5.41, 5.74) is 0. The smallest absolute Gasteiger partial charge is 0.226 e. The molecule has 0 atom stereocenters. The van der Waals surface area contributed by atoms with Crippen molar-refractivity contribution in [1.29, 1.82) is 0 Å². The molecule has 0 spiro atoms. The minimum Gasteiger partial charge on any atom is -0.356 e. The van der Waals surface area contributed by atoms with Gasteiger partial charge in [-0.25, -0.2) is 0 Å². The van der Waals surface area contributed by atoms with E-state index in [4.69, 9.17) is 4.52 Å². The Balaban J connectivity index is 1.67. The van der Waals surface area contributed by atoms with Gasteiger partial charge in [-0.1, -0.05) is 11.2 Å². The third-order valence-corrected chi connectivity index (χ3v) is 4.20. The molecular weight excluding hydrogens is 298 g/mol. The Morgan fingerprint density at radius 1 is 1.45 bits per heavy atom. The largest absolute Gasteiger partial charge is 0.356 e. The van der Waals surface area contributed by atoms with Gasteiger partial charge in [0.15, 0.2) is 11.8 Å². The van der Waals surface area contributed by atoms with E-state index in [2.05, 4.69) is 49.9 Å². The van der Waals surface area contributed by atoms with Crippen LogP contribution in [0.4, 0.5) is 0 Å². The van der Waals surface area contributed by atoms with Crippen LogP contribution in [-0.2, 0) is 12.8 Å². The SMILES string of the molecule is CN=C(NCCCc1nc(C)no1)N(C)CCc1cccs1. The maximum Gasteiger partial charge on any atom is 0.226 e. The van der Waals surface area contributed by atoms with E-state index < -0.39 is 0 Å². The zero-order valence-corrected chi connectivity index (χ0v) is 14.2. The Morgan fingerprint density at radius 2 is 2.32 bits per heavy atom. The van der Waals surface area contributed by atoms with E-state index in [0.29, 0.717) is 11.7 Å². The van der Waals surface area contributed by atoms with Crippen molar-refractivity contribution in [3.8, 4) is 0 Å². The molecule has 120 valence electrons. The van der Waals surface area contributed by atoms with Gasteiger partial charge in [-0.3, -0.25) is 4.99 Å². The first-order chi connectivity index (χ1) is 10.7. The van der Waals surface area contributed by atoms with Crippen LogP contribution in [0.1, 0.15) is 23.0 Å². The normalized spacial score (nSPS) is 11.7. The number of hydrogen-bond acceptors (Lipinski definition) is 5. The van der Waals surface area contributed by atoms with E-state index in [1.165, 1.54) is 4.88 Å². The van der Waals surface area contributed by atoms with E-state index in [0.717, 1.165) is 38.3 Å². The van der Waals surface area contributed by atoms with Gasteiger partial charge in [0.05, 0.1) is 0 Å². The van der Waals surface area contributed by atoms with Gasteiger partial charge in [0, 0.05) is 38.5 Å². The van der Waals surface area contributed by atoms with E-state index in [9.17, 15) is 0 Å². The predicted molar refractivity (Wildman–Crippen MR) is 89.4 cm³/mol. The second kappa shape index (κ2) is 8.53. The van der Waals surface area contributed by atoms with Crippen LogP contribution in [0.15, 0.2) is 27.0 Å². The van der Waals surface area contributed by atoms with Crippen LogP contribution in [0.25, 0.3) is 0 Å². The zero-order chi connectivity index (χ0) is 15.8. The number of aromatic nitrogens is 2. The molecule has 7 heteroatoms. The average Bonchev–Trinajstić information content (AvgIpc) is 3.16. The van der Waals surface area contributed by atoms with Crippen molar-refractivity contribution in [1.82, 2.24) is 20.4 Å². The Labute approximate surface area is 135 Å². The summed E-state index contributed by atoms with van der Waals surface area (Å²) in [6.07, 6.45) is 2.75. The monoisotopic (exact) mass is 321 g/mol. The van der Waals surface area contributed by atoms with Crippen LogP contribution in [0.3, 0.4) is 0 Å². The molecule has 0 unspecified atom stereocenters. The summed E-state index contributed by atoms with van der Waals surface area (Å²) in [7, 11) is 3.87. The quantitative estimate of drug-likeness (QED) is 0.481. The summed E-state index contributed by atoms with van der Waals surface area (Å²) in [6, 6.07) is 4.26. The number of nitrogens with zero attached hydrogens (tertiary/aromatic N) is 4. The number of rotatable bonds is 7. The van der Waals surface area contributed by atoms with Crippen molar-refractivity contribution >= 4 is 17.3 Å². The van der Waals surface area contributed by atoms with Crippen LogP contribution in [0.5, 0.6) is 0 Å². The lowest BCUT2D eigenvalue weighted by molar-refractivity contribution is 0.371. The number of nitrogens with one attached hydrogen (secondary N) is 1. The summed E-state index contributed by atoms with van der Waals surface area (Å²) >= 11 is 1.80. The third kappa shape index (κ3) is 5.14. The zero-order valence-electron chi connectivity index (χ0n) is 13.4. The highest BCUT2D eigenvalue weighted by atomic mass is 32.1. The molecule has 0 fully saturated rings. The molecule has 0 radical (unpaired) electrons. The molecule has 0 saturated carbocycles. The van der Waals surface area contributed by atoms with Gasteiger partial charge in [0.25, 0.3) is 0 Å². The minimum atomic E-state index is 0.687. The van der Waals surface area contributed by atoms with Crippen molar-refractivity contribution in [2.45, 2.75) is 26.2 Å². The molecule has 0 aromatic carbocycles. The molecule has 0 aliphatic heterocycles. The molecule has 2 aromatic rings. The summed E-state index contributed by atoms with van der Waals surface area (Å²) in [4.78, 5) is 12.1. The number of aliphatic imine (C=N–C) groups is 1. The number of thiophene rings is 1. The van der Waals surface area contributed by atoms with E-state index in [-0.39, 0.29) is 0 Å². The Morgan fingerprint density at radius 3 is 2.95 bits per heavy atom. The first-order valence-electron chi connectivity index (χ1n) is 7.42. The summed E-state index contributed by atoms with van der Waals surface area (Å²) in [5.74, 6) is 2.30. The maximum absolute atomic E-state index is 5.10. The van der Waals surface area contributed by atoms with Crippen LogP contribution in [-0.4, -0.2) is 48.2 Å². The fourth-order valence-corrected chi connectivity index (χ4v) is 2.80.